The van der Waals surface area contributed by atoms with Gasteiger partial charge in [0.05, 0.1) is 5.56 Å². The van der Waals surface area contributed by atoms with E-state index in [4.69, 9.17) is 5.11 Å². The number of nitrogens with one attached hydrogen (secondary N) is 1. The van der Waals surface area contributed by atoms with Crippen LogP contribution in [0.3, 0.4) is 0 Å². The molecule has 2 N–H and O–H groups in total. The molecule has 17 heavy (non-hydrogen) atoms. The van der Waals surface area contributed by atoms with Gasteiger partial charge < -0.3 is 10.4 Å². The Bertz CT molecular complexity index is 497. The first kappa shape index (κ1) is 11.1. The van der Waals surface area contributed by atoms with Crippen molar-refractivity contribution in [2.45, 2.75) is 6.54 Å². The third-order valence-corrected chi connectivity index (χ3v) is 2.25. The maximum Gasteiger partial charge on any atom is 0.335 e. The minimum Gasteiger partial charge on any atom is -0.478 e. The van der Waals surface area contributed by atoms with Crippen LogP contribution in [-0.2, 0) is 6.54 Å². The average Bonchev–Trinajstić information content (AvgIpc) is 2.38. The Kier molecular flexibility index (Phi) is 3.30. The molecule has 0 atom stereocenters. The van der Waals surface area contributed by atoms with Crippen molar-refractivity contribution in [3.63, 3.8) is 0 Å². The van der Waals surface area contributed by atoms with Crippen LogP contribution in [0.2, 0.25) is 0 Å². The molecule has 2 aromatic rings. The van der Waals surface area contributed by atoms with E-state index in [0.29, 0.717) is 12.4 Å². The first-order valence-corrected chi connectivity index (χ1v) is 5.09. The second kappa shape index (κ2) is 5.07. The molecule has 86 valence electrons. The summed E-state index contributed by atoms with van der Waals surface area (Å²) in [5, 5.41) is 19.5. The van der Waals surface area contributed by atoms with Gasteiger partial charge in [-0.15, -0.1) is 5.10 Å². The number of benzene rings is 1. The Labute approximate surface area is 98.1 Å². The minimum atomic E-state index is -0.918. The van der Waals surface area contributed by atoms with Gasteiger partial charge in [-0.3, -0.25) is 0 Å². The fourth-order valence-electron chi connectivity index (χ4n) is 1.35. The molecule has 0 unspecified atom stereocenters. The Morgan fingerprint density at radius 2 is 2.00 bits per heavy atom. The molecule has 0 fully saturated rings. The standard InChI is InChI=1S/C12H11N3O2/c16-12(17)10-5-3-9(4-6-10)8-13-11-2-1-7-14-15-11/h1-7H,8H2,(H,13,15)(H,16,17). The smallest absolute Gasteiger partial charge is 0.335 e. The van der Waals surface area contributed by atoms with E-state index >= 15 is 0 Å². The highest BCUT2D eigenvalue weighted by Crippen LogP contribution is 2.07. The van der Waals surface area contributed by atoms with Crippen LogP contribution in [0.5, 0.6) is 0 Å². The highest BCUT2D eigenvalue weighted by molar-refractivity contribution is 5.87. The van der Waals surface area contributed by atoms with E-state index in [-0.39, 0.29) is 5.56 Å². The lowest BCUT2D eigenvalue weighted by Crippen LogP contribution is -2.02. The Morgan fingerprint density at radius 1 is 1.24 bits per heavy atom. The summed E-state index contributed by atoms with van der Waals surface area (Å²) in [6, 6.07) is 10.3. The van der Waals surface area contributed by atoms with E-state index < -0.39 is 5.97 Å². The van der Waals surface area contributed by atoms with Crippen LogP contribution in [0.15, 0.2) is 42.6 Å². The normalized spacial score (nSPS) is 9.88. The van der Waals surface area contributed by atoms with Crippen LogP contribution in [0, 0.1) is 0 Å². The van der Waals surface area contributed by atoms with Gasteiger partial charge in [0.25, 0.3) is 0 Å². The van der Waals surface area contributed by atoms with Gasteiger partial charge in [0.2, 0.25) is 0 Å². The van der Waals surface area contributed by atoms with E-state index in [0.717, 1.165) is 5.56 Å². The van der Waals surface area contributed by atoms with Crippen molar-refractivity contribution < 1.29 is 9.90 Å². The molecule has 1 aromatic carbocycles. The zero-order chi connectivity index (χ0) is 12.1. The molecule has 0 amide bonds. The summed E-state index contributed by atoms with van der Waals surface area (Å²) < 4.78 is 0. The van der Waals surface area contributed by atoms with E-state index in [2.05, 4.69) is 15.5 Å². The summed E-state index contributed by atoms with van der Waals surface area (Å²) in [7, 11) is 0. The third kappa shape index (κ3) is 3.01. The fourth-order valence-corrected chi connectivity index (χ4v) is 1.35. The molecule has 2 rings (SSSR count). The van der Waals surface area contributed by atoms with E-state index in [1.165, 1.54) is 0 Å². The van der Waals surface area contributed by atoms with Crippen molar-refractivity contribution >= 4 is 11.8 Å². The number of hydrogen-bond donors (Lipinski definition) is 2. The number of aromatic carboxylic acids is 1. The molecule has 5 nitrogen and oxygen atoms in total. The molecule has 0 saturated carbocycles. The lowest BCUT2D eigenvalue weighted by molar-refractivity contribution is 0.0697. The summed E-state index contributed by atoms with van der Waals surface area (Å²) in [5.41, 5.74) is 1.27. The lowest BCUT2D eigenvalue weighted by Gasteiger charge is -2.04. The average molecular weight is 229 g/mol. The molecule has 0 radical (unpaired) electrons. The Morgan fingerprint density at radius 3 is 2.59 bits per heavy atom. The number of nitrogens with zero attached hydrogens (tertiary/aromatic N) is 2. The molecule has 1 aromatic heterocycles. The van der Waals surface area contributed by atoms with Crippen LogP contribution in [0.4, 0.5) is 5.82 Å². The predicted molar refractivity (Wildman–Crippen MR) is 62.8 cm³/mol. The van der Waals surface area contributed by atoms with Gasteiger partial charge in [0.15, 0.2) is 0 Å². The monoisotopic (exact) mass is 229 g/mol. The number of carboxylic acids is 1. The van der Waals surface area contributed by atoms with E-state index in [1.54, 1.807) is 36.5 Å². The van der Waals surface area contributed by atoms with Crippen molar-refractivity contribution in [2.75, 3.05) is 5.32 Å². The molecular weight excluding hydrogens is 218 g/mol. The fraction of sp³-hybridized carbons (Fsp3) is 0.0833. The number of carbonyl (C=O) groups is 1. The highest BCUT2D eigenvalue weighted by atomic mass is 16.4. The summed E-state index contributed by atoms with van der Waals surface area (Å²) in [4.78, 5) is 10.7. The Hall–Kier alpha value is -2.43. The molecule has 5 heteroatoms. The van der Waals surface area contributed by atoms with Crippen molar-refractivity contribution in [1.82, 2.24) is 10.2 Å². The molecule has 0 aliphatic heterocycles. The van der Waals surface area contributed by atoms with Crippen molar-refractivity contribution in [3.05, 3.63) is 53.7 Å². The summed E-state index contributed by atoms with van der Waals surface area (Å²) in [6.45, 7) is 0.582. The molecule has 0 aliphatic rings. The molecule has 0 bridgehead atoms. The van der Waals surface area contributed by atoms with Crippen molar-refractivity contribution in [3.8, 4) is 0 Å². The SMILES string of the molecule is O=C(O)c1ccc(CNc2cccnn2)cc1. The number of rotatable bonds is 4. The molecule has 0 saturated heterocycles. The van der Waals surface area contributed by atoms with E-state index in [9.17, 15) is 4.79 Å². The third-order valence-electron chi connectivity index (χ3n) is 2.25. The number of anilines is 1. The van der Waals surface area contributed by atoms with Crippen LogP contribution in [-0.4, -0.2) is 21.3 Å². The topological polar surface area (TPSA) is 75.1 Å². The molecular formula is C12H11N3O2. The number of aromatic nitrogens is 2. The van der Waals surface area contributed by atoms with Crippen molar-refractivity contribution in [2.24, 2.45) is 0 Å². The van der Waals surface area contributed by atoms with Gasteiger partial charge >= 0.3 is 5.97 Å². The summed E-state index contributed by atoms with van der Waals surface area (Å²) in [6.07, 6.45) is 1.60. The zero-order valence-corrected chi connectivity index (χ0v) is 9.00. The van der Waals surface area contributed by atoms with Gasteiger partial charge in [-0.05, 0) is 29.8 Å². The first-order valence-electron chi connectivity index (χ1n) is 5.09. The first-order chi connectivity index (χ1) is 8.25. The lowest BCUT2D eigenvalue weighted by atomic mass is 10.1. The van der Waals surface area contributed by atoms with Crippen LogP contribution in [0.1, 0.15) is 15.9 Å². The van der Waals surface area contributed by atoms with Gasteiger partial charge in [-0.2, -0.15) is 5.10 Å². The van der Waals surface area contributed by atoms with Crippen LogP contribution >= 0.6 is 0 Å². The van der Waals surface area contributed by atoms with Gasteiger partial charge in [-0.1, -0.05) is 12.1 Å². The van der Waals surface area contributed by atoms with Crippen molar-refractivity contribution in [1.29, 1.82) is 0 Å². The summed E-state index contributed by atoms with van der Waals surface area (Å²) in [5.74, 6) is -0.228. The van der Waals surface area contributed by atoms with Gasteiger partial charge in [0, 0.05) is 12.7 Å². The Balaban J connectivity index is 1.98. The quantitative estimate of drug-likeness (QED) is 0.835. The second-order valence-corrected chi connectivity index (χ2v) is 3.46. The molecule has 1 heterocycles. The zero-order valence-electron chi connectivity index (χ0n) is 9.00. The molecule has 0 aliphatic carbocycles. The minimum absolute atomic E-state index is 0.285. The summed E-state index contributed by atoms with van der Waals surface area (Å²) >= 11 is 0. The number of carboxylic acid groups (broad SMARTS) is 1. The number of hydrogen-bond acceptors (Lipinski definition) is 4. The van der Waals surface area contributed by atoms with Gasteiger partial charge in [0.1, 0.15) is 5.82 Å². The largest absolute Gasteiger partial charge is 0.478 e. The van der Waals surface area contributed by atoms with Gasteiger partial charge in [-0.25, -0.2) is 4.79 Å². The highest BCUT2D eigenvalue weighted by Gasteiger charge is 2.01. The maximum absolute atomic E-state index is 10.7. The predicted octanol–water partition coefficient (Wildman–Crippen LogP) is 1.79. The van der Waals surface area contributed by atoms with E-state index in [1.807, 2.05) is 6.07 Å². The molecule has 0 spiro atoms. The second-order valence-electron chi connectivity index (χ2n) is 3.46. The maximum atomic E-state index is 10.7. The van der Waals surface area contributed by atoms with Crippen LogP contribution < -0.4 is 5.32 Å². The van der Waals surface area contributed by atoms with Crippen LogP contribution in [0.25, 0.3) is 0 Å².